The van der Waals surface area contributed by atoms with Gasteiger partial charge in [0, 0.05) is 6.04 Å². The van der Waals surface area contributed by atoms with Crippen molar-refractivity contribution < 1.29 is 21.3 Å². The summed E-state index contributed by atoms with van der Waals surface area (Å²) in [6, 6.07) is 3.01. The Bertz CT molecular complexity index is 216. The maximum absolute atomic E-state index is 10.3. The van der Waals surface area contributed by atoms with Gasteiger partial charge in [-0.2, -0.15) is 0 Å². The van der Waals surface area contributed by atoms with Crippen molar-refractivity contribution in [1.29, 1.82) is 0 Å². The highest BCUT2D eigenvalue weighted by Crippen LogP contribution is 2.20. The minimum Gasteiger partial charge on any atom is -0.414 e. The number of rotatable bonds is 4. The third kappa shape index (κ3) is 4.68. The third-order valence-electron chi connectivity index (χ3n) is 2.31. The molecule has 0 spiro atoms. The van der Waals surface area contributed by atoms with Crippen LogP contribution in [0.25, 0.3) is 0 Å². The molecule has 1 saturated heterocycles. The monoisotopic (exact) mass is 309 g/mol. The first-order chi connectivity index (χ1) is 8.06. The molecule has 1 heterocycles. The molecule has 0 aromatic heterocycles. The van der Waals surface area contributed by atoms with Crippen LogP contribution in [0.1, 0.15) is 27.7 Å². The Balaban J connectivity index is 2.76. The van der Waals surface area contributed by atoms with Crippen molar-refractivity contribution in [3.63, 3.8) is 0 Å². The van der Waals surface area contributed by atoms with Crippen LogP contribution >= 0.6 is 0 Å². The molecule has 1 N–H and O–H groups in total. The van der Waals surface area contributed by atoms with Gasteiger partial charge in [-0.25, -0.2) is 0 Å². The van der Waals surface area contributed by atoms with E-state index in [9.17, 15) is 4.80 Å². The van der Waals surface area contributed by atoms with Crippen molar-refractivity contribution in [2.45, 2.75) is 51.9 Å². The maximum atomic E-state index is 10.3. The molecule has 17 heavy (non-hydrogen) atoms. The van der Waals surface area contributed by atoms with Crippen molar-refractivity contribution in [3.05, 3.63) is 0 Å². The third-order valence-corrected chi connectivity index (χ3v) is 13.0. The van der Waals surface area contributed by atoms with E-state index in [0.717, 1.165) is 18.1 Å². The molecule has 0 aromatic carbocycles. The van der Waals surface area contributed by atoms with E-state index < -0.39 is 36.7 Å². The Labute approximate surface area is 110 Å². The van der Waals surface area contributed by atoms with E-state index in [-0.39, 0.29) is 0 Å². The summed E-state index contributed by atoms with van der Waals surface area (Å²) < 4.78 is 23.3. The Morgan fingerprint density at radius 3 is 1.53 bits per heavy atom. The average molecular weight is 310 g/mol. The molecule has 99 valence electrons. The van der Waals surface area contributed by atoms with Crippen LogP contribution in [-0.4, -0.2) is 41.5 Å². The van der Waals surface area contributed by atoms with Crippen LogP contribution in [-0.2, 0) is 16.5 Å². The molecule has 5 nitrogen and oxygen atoms in total. The molecular weight excluding hydrogens is 288 g/mol. The quantitative estimate of drug-likeness (QED) is 0.798. The summed E-state index contributed by atoms with van der Waals surface area (Å²) >= 11 is 0. The Kier molecular flexibility index (Phi) is 6.76. The van der Waals surface area contributed by atoms with Gasteiger partial charge in [0.05, 0.1) is 0 Å². The Hall–Kier alpha value is 0.668. The van der Waals surface area contributed by atoms with Gasteiger partial charge in [-0.3, -0.25) is 0 Å². The van der Waals surface area contributed by atoms with Gasteiger partial charge in [0.1, 0.15) is 0 Å². The summed E-state index contributed by atoms with van der Waals surface area (Å²) in [4.78, 5) is 10.3. The Morgan fingerprint density at radius 1 is 0.824 bits per heavy atom. The largest absolute Gasteiger partial charge is 0.479 e. The summed E-state index contributed by atoms with van der Waals surface area (Å²) in [5.74, 6) is 0. The molecule has 1 fully saturated rings. The van der Waals surface area contributed by atoms with Crippen molar-refractivity contribution in [1.82, 2.24) is 0 Å². The van der Waals surface area contributed by atoms with Crippen LogP contribution in [0, 0.1) is 0 Å². The first kappa shape index (κ1) is 15.7. The highest BCUT2D eigenvalue weighted by molar-refractivity contribution is 6.78. The Morgan fingerprint density at radius 2 is 1.24 bits per heavy atom. The molecule has 1 aliphatic rings. The zero-order valence-electron chi connectivity index (χ0n) is 10.9. The lowest BCUT2D eigenvalue weighted by Crippen LogP contribution is -2.56. The predicted octanol–water partition coefficient (Wildman–Crippen LogP) is 1.54. The second-order valence-electron chi connectivity index (χ2n) is 3.65. The SMILES string of the molecule is CC[Si]1O[Si](CC)O[Si](O)(CC)O[Si](CC)O1. The van der Waals surface area contributed by atoms with E-state index >= 15 is 0 Å². The van der Waals surface area contributed by atoms with E-state index in [1.165, 1.54) is 0 Å². The lowest BCUT2D eigenvalue weighted by Gasteiger charge is -2.34. The topological polar surface area (TPSA) is 57.2 Å². The van der Waals surface area contributed by atoms with Gasteiger partial charge >= 0.3 is 36.7 Å². The molecule has 3 radical (unpaired) electrons. The van der Waals surface area contributed by atoms with E-state index in [0.29, 0.717) is 6.04 Å². The zero-order chi connectivity index (χ0) is 12.9. The molecule has 0 unspecified atom stereocenters. The fourth-order valence-electron chi connectivity index (χ4n) is 1.27. The smallest absolute Gasteiger partial charge is 0.414 e. The van der Waals surface area contributed by atoms with Crippen LogP contribution in [0.4, 0.5) is 0 Å². The van der Waals surface area contributed by atoms with E-state index in [4.69, 9.17) is 16.5 Å². The van der Waals surface area contributed by atoms with Gasteiger partial charge in [-0.15, -0.1) is 0 Å². The molecule has 0 bridgehead atoms. The van der Waals surface area contributed by atoms with Crippen LogP contribution in [0.15, 0.2) is 0 Å². The fraction of sp³-hybridized carbons (Fsp3) is 1.00. The number of hydrogen-bond acceptors (Lipinski definition) is 5. The minimum absolute atomic E-state index is 0.524. The predicted molar refractivity (Wildman–Crippen MR) is 71.5 cm³/mol. The van der Waals surface area contributed by atoms with E-state index in [1.807, 2.05) is 20.8 Å². The van der Waals surface area contributed by atoms with Crippen molar-refractivity contribution in [2.24, 2.45) is 0 Å². The van der Waals surface area contributed by atoms with E-state index in [1.54, 1.807) is 0 Å². The molecule has 9 heteroatoms. The summed E-state index contributed by atoms with van der Waals surface area (Å²) in [6.45, 7) is 7.98. The van der Waals surface area contributed by atoms with Crippen LogP contribution < -0.4 is 0 Å². The maximum Gasteiger partial charge on any atom is 0.479 e. The standard InChI is InChI=1S/C8H21O5Si4/c1-5-14-10-15(6-2)12-17(9,8-4)13-16(7-3)11-14/h9H,5-8H2,1-4H3. The van der Waals surface area contributed by atoms with Crippen molar-refractivity contribution in [2.75, 3.05) is 0 Å². The molecule has 0 atom stereocenters. The van der Waals surface area contributed by atoms with Crippen LogP contribution in [0.5, 0.6) is 0 Å². The van der Waals surface area contributed by atoms with E-state index in [2.05, 4.69) is 6.92 Å². The fourth-order valence-corrected chi connectivity index (χ4v) is 12.9. The lowest BCUT2D eigenvalue weighted by molar-refractivity contribution is 0.193. The first-order valence-corrected chi connectivity index (χ1v) is 12.6. The van der Waals surface area contributed by atoms with Crippen LogP contribution in [0.3, 0.4) is 0 Å². The summed E-state index contributed by atoms with van der Waals surface area (Å²) in [5, 5.41) is 0. The molecule has 0 aliphatic carbocycles. The molecular formula is C8H21O5Si4. The van der Waals surface area contributed by atoms with Gasteiger partial charge < -0.3 is 21.3 Å². The summed E-state index contributed by atoms with van der Waals surface area (Å²) in [7, 11) is -7.19. The summed E-state index contributed by atoms with van der Waals surface area (Å²) in [6.07, 6.45) is 0. The van der Waals surface area contributed by atoms with Gasteiger partial charge in [0.25, 0.3) is 0 Å². The average Bonchev–Trinajstić information content (AvgIpc) is 2.33. The number of hydrogen-bond donors (Lipinski definition) is 1. The summed E-state index contributed by atoms with van der Waals surface area (Å²) in [5.41, 5.74) is 0. The first-order valence-electron chi connectivity index (χ1n) is 6.10. The molecule has 0 aromatic rings. The van der Waals surface area contributed by atoms with Gasteiger partial charge in [-0.05, 0) is 18.1 Å². The normalized spacial score (nSPS) is 24.5. The lowest BCUT2D eigenvalue weighted by atomic mass is 11.0. The zero-order valence-corrected chi connectivity index (χ0v) is 14.9. The highest BCUT2D eigenvalue weighted by atomic mass is 28.5. The molecule has 1 rings (SSSR count). The van der Waals surface area contributed by atoms with Gasteiger partial charge in [0.15, 0.2) is 0 Å². The molecule has 0 saturated carbocycles. The second kappa shape index (κ2) is 7.30. The minimum atomic E-state index is -3.05. The molecule has 1 aliphatic heterocycles. The van der Waals surface area contributed by atoms with Crippen molar-refractivity contribution >= 4 is 36.7 Å². The van der Waals surface area contributed by atoms with Crippen LogP contribution in [0.2, 0.25) is 24.2 Å². The molecule has 0 amide bonds. The van der Waals surface area contributed by atoms with Crippen molar-refractivity contribution in [3.8, 4) is 0 Å². The second-order valence-corrected chi connectivity index (χ2v) is 13.4. The van der Waals surface area contributed by atoms with Gasteiger partial charge in [0.2, 0.25) is 0 Å². The van der Waals surface area contributed by atoms with Gasteiger partial charge in [-0.1, -0.05) is 27.7 Å². The highest BCUT2D eigenvalue weighted by Gasteiger charge is 2.45.